The number of amides is 3. The number of aliphatic hydroxyl groups excluding tert-OH is 1. The number of likely N-dealkylation sites (tertiary alicyclic amines) is 1. The minimum absolute atomic E-state index is 0.157. The molecule has 0 aromatic heterocycles. The SMILES string of the molecule is Cc1ccc(C)c(N2C/C=C\CCC(=O)N[C@@H](C)[C@H](c3ccccc3)OC(=O)[C@@H]3[C@H]4C(=O)N([C@H](CO)c5ccccc5)[C@H](C2=O)[C@]42C=C[C@H]3O2)c1. The van der Waals surface area contributed by atoms with Gasteiger partial charge in [-0.2, -0.15) is 0 Å². The molecule has 0 saturated carbocycles. The normalized spacial score (nSPS) is 30.6. The van der Waals surface area contributed by atoms with E-state index in [1.54, 1.807) is 24.0 Å². The zero-order valence-corrected chi connectivity index (χ0v) is 29.0. The second-order valence-electron chi connectivity index (χ2n) is 13.9. The number of carbonyl (C=O) groups is 4. The molecule has 3 aromatic carbocycles. The van der Waals surface area contributed by atoms with Gasteiger partial charge in [0.2, 0.25) is 11.8 Å². The number of hydrogen-bond acceptors (Lipinski definition) is 7. The van der Waals surface area contributed by atoms with E-state index in [0.717, 1.165) is 11.1 Å². The van der Waals surface area contributed by atoms with Gasteiger partial charge >= 0.3 is 5.97 Å². The fourth-order valence-electron chi connectivity index (χ4n) is 8.21. The van der Waals surface area contributed by atoms with Crippen LogP contribution in [0.3, 0.4) is 0 Å². The lowest BCUT2D eigenvalue weighted by atomic mass is 9.74. The summed E-state index contributed by atoms with van der Waals surface area (Å²) in [5.41, 5.74) is 2.30. The topological polar surface area (TPSA) is 125 Å². The van der Waals surface area contributed by atoms with E-state index in [1.807, 2.05) is 105 Å². The fraction of sp³-hybridized carbons (Fsp3) is 0.366. The van der Waals surface area contributed by atoms with Crippen molar-refractivity contribution in [3.8, 4) is 0 Å². The lowest BCUT2D eigenvalue weighted by molar-refractivity contribution is -0.161. The Bertz CT molecular complexity index is 1880. The molecule has 51 heavy (non-hydrogen) atoms. The molecular weight excluding hydrogens is 646 g/mol. The first-order chi connectivity index (χ1) is 24.6. The zero-order valence-electron chi connectivity index (χ0n) is 29.0. The average molecular weight is 690 g/mol. The molecule has 10 heteroatoms. The number of benzene rings is 3. The predicted octanol–water partition coefficient (Wildman–Crippen LogP) is 4.66. The van der Waals surface area contributed by atoms with E-state index in [1.165, 1.54) is 4.90 Å². The van der Waals surface area contributed by atoms with Gasteiger partial charge in [0.15, 0.2) is 0 Å². The molecule has 264 valence electrons. The Kier molecular flexibility index (Phi) is 9.39. The summed E-state index contributed by atoms with van der Waals surface area (Å²) in [4.78, 5) is 60.9. The van der Waals surface area contributed by atoms with Gasteiger partial charge < -0.3 is 29.7 Å². The van der Waals surface area contributed by atoms with Crippen molar-refractivity contribution in [3.63, 3.8) is 0 Å². The highest BCUT2D eigenvalue weighted by Gasteiger charge is 2.74. The lowest BCUT2D eigenvalue weighted by Crippen LogP contribution is -2.57. The first-order valence-electron chi connectivity index (χ1n) is 17.6. The summed E-state index contributed by atoms with van der Waals surface area (Å²) in [6.45, 7) is 5.36. The molecule has 2 saturated heterocycles. The third-order valence-corrected chi connectivity index (χ3v) is 10.6. The van der Waals surface area contributed by atoms with Crippen molar-refractivity contribution in [2.24, 2.45) is 11.8 Å². The molecule has 8 atom stereocenters. The van der Waals surface area contributed by atoms with Crippen LogP contribution in [-0.4, -0.2) is 70.6 Å². The Balaban J connectivity index is 1.38. The van der Waals surface area contributed by atoms with Crippen LogP contribution in [0.2, 0.25) is 0 Å². The van der Waals surface area contributed by atoms with Crippen LogP contribution in [0.15, 0.2) is 103 Å². The van der Waals surface area contributed by atoms with E-state index in [9.17, 15) is 19.5 Å². The zero-order chi connectivity index (χ0) is 35.9. The minimum atomic E-state index is -1.50. The molecule has 3 aromatic rings. The molecule has 2 N–H and O–H groups in total. The first kappa shape index (κ1) is 34.4. The summed E-state index contributed by atoms with van der Waals surface area (Å²) in [5.74, 6) is -3.92. The van der Waals surface area contributed by atoms with Gasteiger partial charge in [0.1, 0.15) is 23.7 Å². The average Bonchev–Trinajstić information content (AvgIpc) is 3.78. The largest absolute Gasteiger partial charge is 0.455 e. The molecule has 5 bridgehead atoms. The maximum atomic E-state index is 15.3. The van der Waals surface area contributed by atoms with Crippen LogP contribution in [0.4, 0.5) is 5.69 Å². The Labute approximate surface area is 297 Å². The van der Waals surface area contributed by atoms with Gasteiger partial charge in [0, 0.05) is 18.7 Å². The van der Waals surface area contributed by atoms with Gasteiger partial charge in [0.25, 0.3) is 5.91 Å². The van der Waals surface area contributed by atoms with Crippen LogP contribution < -0.4 is 10.2 Å². The number of rotatable bonds is 5. The molecule has 3 amide bonds. The summed E-state index contributed by atoms with van der Waals surface area (Å²) in [7, 11) is 0. The second-order valence-corrected chi connectivity index (χ2v) is 13.9. The number of fused-ring (bicyclic) bond motifs is 2. The molecule has 4 aliphatic heterocycles. The number of hydrogen-bond donors (Lipinski definition) is 2. The minimum Gasteiger partial charge on any atom is -0.455 e. The molecule has 1 spiro atoms. The Morgan fingerprint density at radius 2 is 1.67 bits per heavy atom. The van der Waals surface area contributed by atoms with Gasteiger partial charge in [-0.3, -0.25) is 19.2 Å². The molecule has 7 rings (SSSR count). The Morgan fingerprint density at radius 1 is 0.941 bits per heavy atom. The van der Waals surface area contributed by atoms with E-state index < -0.39 is 72.2 Å². The standard InChI is InChI=1S/C41H43N3O7/c1-25-18-19-26(2)30(23-25)43-22-12-6-11-17-33(46)42-27(3)36(29-15-9-5-10-16-29)50-40(49)34-32-20-21-41(51-32)35(34)38(47)44(37(41)39(43)48)31(24-45)28-13-7-4-8-14-28/h4-10,12-16,18-21,23,27,31-32,34-37,45H,11,17,22,24H2,1-3H3,(H,42,46)/b12-6-/t27-,31+,32+,34-,35-,36+,37+,41-/m0/s1. The lowest BCUT2D eigenvalue weighted by Gasteiger charge is -2.39. The molecule has 0 radical (unpaired) electrons. The van der Waals surface area contributed by atoms with Crippen molar-refractivity contribution in [1.29, 1.82) is 0 Å². The maximum absolute atomic E-state index is 15.3. The van der Waals surface area contributed by atoms with Gasteiger partial charge in [0.05, 0.1) is 30.7 Å². The van der Waals surface area contributed by atoms with Crippen molar-refractivity contribution < 1.29 is 33.8 Å². The smallest absolute Gasteiger partial charge is 0.313 e. The molecule has 0 unspecified atom stereocenters. The summed E-state index contributed by atoms with van der Waals surface area (Å²) < 4.78 is 12.9. The van der Waals surface area contributed by atoms with Crippen molar-refractivity contribution in [2.45, 2.75) is 69.5 Å². The number of esters is 1. The van der Waals surface area contributed by atoms with Crippen LogP contribution in [0.5, 0.6) is 0 Å². The number of nitrogens with zero attached hydrogens (tertiary/aromatic N) is 2. The Hall–Kier alpha value is -5.06. The van der Waals surface area contributed by atoms with Gasteiger partial charge in [-0.15, -0.1) is 0 Å². The highest BCUT2D eigenvalue weighted by atomic mass is 16.6. The Morgan fingerprint density at radius 3 is 2.39 bits per heavy atom. The highest BCUT2D eigenvalue weighted by molar-refractivity contribution is 6.06. The van der Waals surface area contributed by atoms with Crippen LogP contribution in [0.25, 0.3) is 0 Å². The molecular formula is C41H43N3O7. The third-order valence-electron chi connectivity index (χ3n) is 10.6. The number of carbonyl (C=O) groups excluding carboxylic acids is 4. The van der Waals surface area contributed by atoms with Gasteiger partial charge in [-0.25, -0.2) is 0 Å². The van der Waals surface area contributed by atoms with E-state index in [0.29, 0.717) is 23.2 Å². The molecule has 10 nitrogen and oxygen atoms in total. The molecule has 4 heterocycles. The van der Waals surface area contributed by atoms with E-state index in [4.69, 9.17) is 9.47 Å². The van der Waals surface area contributed by atoms with Crippen molar-refractivity contribution >= 4 is 29.4 Å². The number of anilines is 1. The summed E-state index contributed by atoms with van der Waals surface area (Å²) in [6, 6.07) is 21.4. The number of allylic oxidation sites excluding steroid dienone is 1. The van der Waals surface area contributed by atoms with Crippen LogP contribution >= 0.6 is 0 Å². The fourth-order valence-corrected chi connectivity index (χ4v) is 8.21. The maximum Gasteiger partial charge on any atom is 0.313 e. The van der Waals surface area contributed by atoms with Crippen molar-refractivity contribution in [2.75, 3.05) is 18.1 Å². The van der Waals surface area contributed by atoms with Crippen LogP contribution in [0.1, 0.15) is 54.2 Å². The van der Waals surface area contributed by atoms with Crippen LogP contribution in [-0.2, 0) is 28.7 Å². The number of aryl methyl sites for hydroxylation is 2. The van der Waals surface area contributed by atoms with Gasteiger partial charge in [-0.1, -0.05) is 97.1 Å². The first-order valence-corrected chi connectivity index (χ1v) is 17.6. The number of ether oxygens (including phenoxy) is 2. The van der Waals surface area contributed by atoms with Crippen molar-refractivity contribution in [3.05, 3.63) is 125 Å². The summed E-state index contributed by atoms with van der Waals surface area (Å²) >= 11 is 0. The van der Waals surface area contributed by atoms with E-state index in [2.05, 4.69) is 5.32 Å². The predicted molar refractivity (Wildman–Crippen MR) is 190 cm³/mol. The molecule has 2 fully saturated rings. The summed E-state index contributed by atoms with van der Waals surface area (Å²) in [6.07, 6.45) is 6.17. The number of aliphatic hydroxyl groups is 1. The van der Waals surface area contributed by atoms with Crippen molar-refractivity contribution in [1.82, 2.24) is 10.2 Å². The van der Waals surface area contributed by atoms with E-state index >= 15 is 4.79 Å². The highest BCUT2D eigenvalue weighted by Crippen LogP contribution is 2.57. The quantitative estimate of drug-likeness (QED) is 0.295. The monoisotopic (exact) mass is 689 g/mol. The third kappa shape index (κ3) is 6.06. The van der Waals surface area contributed by atoms with Crippen LogP contribution in [0, 0.1) is 25.7 Å². The number of cyclic esters (lactones) is 1. The van der Waals surface area contributed by atoms with Gasteiger partial charge in [-0.05, 0) is 55.5 Å². The van der Waals surface area contributed by atoms with E-state index in [-0.39, 0.29) is 18.9 Å². The second kappa shape index (κ2) is 13.9. The summed E-state index contributed by atoms with van der Waals surface area (Å²) in [5, 5.41) is 13.9. The number of nitrogens with one attached hydrogen (secondary N) is 1. The molecule has 0 aliphatic carbocycles. The molecule has 4 aliphatic rings.